The van der Waals surface area contributed by atoms with Crippen molar-refractivity contribution in [1.82, 2.24) is 10.2 Å². The van der Waals surface area contributed by atoms with Crippen molar-refractivity contribution in [2.24, 2.45) is 5.92 Å². The Morgan fingerprint density at radius 3 is 2.70 bits per heavy atom. The van der Waals surface area contributed by atoms with E-state index >= 15 is 0 Å². The Morgan fingerprint density at radius 2 is 1.91 bits per heavy atom. The summed E-state index contributed by atoms with van der Waals surface area (Å²) in [6.07, 6.45) is 3.95. The molecule has 1 amide bonds. The third kappa shape index (κ3) is 2.96. The minimum absolute atomic E-state index is 0. The van der Waals surface area contributed by atoms with E-state index in [2.05, 4.69) is 10.2 Å². The number of nitrogens with zero attached hydrogens (tertiary/aromatic N) is 1. The quantitative estimate of drug-likeness (QED) is 0.896. The largest absolute Gasteiger partial charge is 0.335 e. The summed E-state index contributed by atoms with van der Waals surface area (Å²) in [4.78, 5) is 14.9. The lowest BCUT2D eigenvalue weighted by Gasteiger charge is -2.28. The first-order valence-electron chi connectivity index (χ1n) is 8.13. The molecule has 2 bridgehead atoms. The average Bonchev–Trinajstić information content (AvgIpc) is 3.21. The van der Waals surface area contributed by atoms with Gasteiger partial charge in [-0.05, 0) is 55.8 Å². The summed E-state index contributed by atoms with van der Waals surface area (Å²) >= 11 is 0. The second-order valence-electron chi connectivity index (χ2n) is 6.75. The third-order valence-corrected chi connectivity index (χ3v) is 5.39. The van der Waals surface area contributed by atoms with Gasteiger partial charge in [0.05, 0.1) is 0 Å². The van der Waals surface area contributed by atoms with Crippen LogP contribution in [0.2, 0.25) is 0 Å². The molecule has 1 aromatic carbocycles. The van der Waals surface area contributed by atoms with Gasteiger partial charge in [0.15, 0.2) is 11.6 Å². The van der Waals surface area contributed by atoms with Gasteiger partial charge >= 0.3 is 0 Å². The van der Waals surface area contributed by atoms with Gasteiger partial charge in [-0.25, -0.2) is 8.78 Å². The van der Waals surface area contributed by atoms with Crippen molar-refractivity contribution in [1.29, 1.82) is 0 Å². The highest BCUT2D eigenvalue weighted by atomic mass is 35.5. The first kappa shape index (κ1) is 16.7. The molecule has 1 aliphatic carbocycles. The smallest absolute Gasteiger partial charge is 0.226 e. The fraction of sp³-hybridized carbons (Fsp3) is 0.588. The summed E-state index contributed by atoms with van der Waals surface area (Å²) in [7, 11) is 0. The van der Waals surface area contributed by atoms with E-state index < -0.39 is 11.6 Å². The van der Waals surface area contributed by atoms with Crippen LogP contribution in [0.25, 0.3) is 0 Å². The molecule has 2 saturated heterocycles. The van der Waals surface area contributed by atoms with Crippen LogP contribution in [0.4, 0.5) is 8.78 Å². The first-order chi connectivity index (χ1) is 10.6. The molecule has 2 aliphatic heterocycles. The number of halogens is 3. The molecule has 3 fully saturated rings. The molecule has 1 N–H and O–H groups in total. The van der Waals surface area contributed by atoms with E-state index in [4.69, 9.17) is 0 Å². The summed E-state index contributed by atoms with van der Waals surface area (Å²) in [6, 6.07) is 4.68. The van der Waals surface area contributed by atoms with Gasteiger partial charge in [-0.3, -0.25) is 4.79 Å². The lowest BCUT2D eigenvalue weighted by Crippen LogP contribution is -2.43. The van der Waals surface area contributed by atoms with Crippen molar-refractivity contribution in [2.45, 2.75) is 43.7 Å². The maximum absolute atomic E-state index is 13.4. The van der Waals surface area contributed by atoms with Crippen molar-refractivity contribution in [3.05, 3.63) is 35.4 Å². The van der Waals surface area contributed by atoms with E-state index in [1.807, 2.05) is 0 Å². The summed E-state index contributed by atoms with van der Waals surface area (Å²) in [5, 5.41) is 3.39. The van der Waals surface area contributed by atoms with Crippen molar-refractivity contribution in [3.63, 3.8) is 0 Å². The highest BCUT2D eigenvalue weighted by Crippen LogP contribution is 2.50. The van der Waals surface area contributed by atoms with Gasteiger partial charge in [-0.2, -0.15) is 0 Å². The molecule has 126 valence electrons. The molecule has 4 rings (SSSR count). The lowest BCUT2D eigenvalue weighted by atomic mass is 10.1. The van der Waals surface area contributed by atoms with Crippen molar-refractivity contribution in [2.75, 3.05) is 13.1 Å². The molecule has 23 heavy (non-hydrogen) atoms. The Kier molecular flexibility index (Phi) is 4.61. The fourth-order valence-electron chi connectivity index (χ4n) is 4.11. The van der Waals surface area contributed by atoms with E-state index in [1.165, 1.54) is 6.07 Å². The van der Waals surface area contributed by atoms with Gasteiger partial charge in [0, 0.05) is 24.5 Å². The van der Waals surface area contributed by atoms with Gasteiger partial charge in [0.25, 0.3) is 0 Å². The maximum Gasteiger partial charge on any atom is 0.226 e. The molecule has 0 spiro atoms. The SMILES string of the molecule is Cl.O=C(C1CC1c1ccc(F)c(F)c1)N1C2CCNCC1CC2. The summed E-state index contributed by atoms with van der Waals surface area (Å²) in [6.45, 7) is 1.85. The van der Waals surface area contributed by atoms with E-state index in [0.717, 1.165) is 50.4 Å². The van der Waals surface area contributed by atoms with Gasteiger partial charge in [0.1, 0.15) is 0 Å². The summed E-state index contributed by atoms with van der Waals surface area (Å²) in [5.41, 5.74) is 0.748. The van der Waals surface area contributed by atoms with E-state index in [0.29, 0.717) is 12.1 Å². The van der Waals surface area contributed by atoms with Crippen LogP contribution >= 0.6 is 12.4 Å². The van der Waals surface area contributed by atoms with Crippen molar-refractivity contribution < 1.29 is 13.6 Å². The summed E-state index contributed by atoms with van der Waals surface area (Å²) < 4.78 is 26.4. The van der Waals surface area contributed by atoms with Crippen LogP contribution in [-0.2, 0) is 4.79 Å². The Bertz CT molecular complexity index is 598. The number of carbonyl (C=O) groups excluding carboxylic acids is 1. The number of nitrogens with one attached hydrogen (secondary N) is 1. The number of hydrogen-bond acceptors (Lipinski definition) is 2. The van der Waals surface area contributed by atoms with Gasteiger partial charge in [-0.1, -0.05) is 6.07 Å². The number of rotatable bonds is 2. The van der Waals surface area contributed by atoms with Crippen LogP contribution in [0.5, 0.6) is 0 Å². The Labute approximate surface area is 140 Å². The zero-order valence-electron chi connectivity index (χ0n) is 12.8. The molecule has 2 heterocycles. The van der Waals surface area contributed by atoms with Crippen LogP contribution in [0.3, 0.4) is 0 Å². The molecule has 6 heteroatoms. The molecule has 4 atom stereocenters. The zero-order valence-corrected chi connectivity index (χ0v) is 13.6. The first-order valence-corrected chi connectivity index (χ1v) is 8.13. The van der Waals surface area contributed by atoms with Crippen LogP contribution in [0.1, 0.15) is 37.2 Å². The maximum atomic E-state index is 13.4. The highest BCUT2D eigenvalue weighted by molar-refractivity contribution is 5.85. The van der Waals surface area contributed by atoms with Crippen molar-refractivity contribution >= 4 is 18.3 Å². The fourth-order valence-corrected chi connectivity index (χ4v) is 4.11. The molecule has 0 aromatic heterocycles. The number of carbonyl (C=O) groups is 1. The standard InChI is InChI=1S/C17H20F2N2O.ClH/c18-15-4-1-10(7-16(15)19)13-8-14(13)17(22)21-11-2-3-12(21)9-20-6-5-11;/h1,4,7,11-14,20H,2-3,5-6,8-9H2;1H. The number of fused-ring (bicyclic) bond motifs is 2. The normalized spacial score (nSPS) is 32.2. The third-order valence-electron chi connectivity index (χ3n) is 5.39. The number of benzene rings is 1. The highest BCUT2D eigenvalue weighted by Gasteiger charge is 2.50. The topological polar surface area (TPSA) is 32.3 Å². The van der Waals surface area contributed by atoms with Crippen molar-refractivity contribution in [3.8, 4) is 0 Å². The van der Waals surface area contributed by atoms with Crippen LogP contribution in [0, 0.1) is 17.6 Å². The monoisotopic (exact) mass is 342 g/mol. The second-order valence-corrected chi connectivity index (χ2v) is 6.75. The Morgan fingerprint density at radius 1 is 1.13 bits per heavy atom. The average molecular weight is 343 g/mol. The van der Waals surface area contributed by atoms with E-state index in [-0.39, 0.29) is 30.2 Å². The summed E-state index contributed by atoms with van der Waals surface area (Å²) in [5.74, 6) is -1.44. The lowest BCUT2D eigenvalue weighted by molar-refractivity contribution is -0.135. The van der Waals surface area contributed by atoms with Crippen LogP contribution in [0.15, 0.2) is 18.2 Å². The molecule has 0 radical (unpaired) electrons. The minimum Gasteiger partial charge on any atom is -0.335 e. The molecule has 1 aromatic rings. The number of hydrogen-bond donors (Lipinski definition) is 1. The van der Waals surface area contributed by atoms with Gasteiger partial charge in [0.2, 0.25) is 5.91 Å². The Balaban J connectivity index is 0.00000156. The van der Waals surface area contributed by atoms with Gasteiger partial charge in [-0.15, -0.1) is 12.4 Å². The van der Waals surface area contributed by atoms with Crippen LogP contribution < -0.4 is 5.32 Å². The van der Waals surface area contributed by atoms with E-state index in [1.54, 1.807) is 6.07 Å². The molecule has 3 aliphatic rings. The molecular formula is C17H21ClF2N2O. The molecular weight excluding hydrogens is 322 g/mol. The van der Waals surface area contributed by atoms with E-state index in [9.17, 15) is 13.6 Å². The number of amides is 1. The van der Waals surface area contributed by atoms with Crippen LogP contribution in [-0.4, -0.2) is 36.0 Å². The predicted octanol–water partition coefficient (Wildman–Crippen LogP) is 2.84. The second kappa shape index (κ2) is 6.36. The molecule has 1 saturated carbocycles. The Hall–Kier alpha value is -1.20. The minimum atomic E-state index is -0.830. The molecule has 4 unspecified atom stereocenters. The van der Waals surface area contributed by atoms with Gasteiger partial charge < -0.3 is 10.2 Å². The predicted molar refractivity (Wildman–Crippen MR) is 85.6 cm³/mol. The molecule has 3 nitrogen and oxygen atoms in total. The zero-order chi connectivity index (χ0) is 15.3.